The van der Waals surface area contributed by atoms with Crippen LogP contribution in [-0.2, 0) is 25.7 Å². The monoisotopic (exact) mass is 595 g/mol. The molecule has 0 saturated carbocycles. The van der Waals surface area contributed by atoms with Gasteiger partial charge in [-0.05, 0) is 56.0 Å². The highest BCUT2D eigenvalue weighted by Crippen LogP contribution is 2.14. The number of hydrogen-bond donors (Lipinski definition) is 1. The van der Waals surface area contributed by atoms with Crippen LogP contribution in [0.15, 0.2) is 72.4 Å². The molecule has 2 aromatic carbocycles. The molecule has 0 heterocycles. The summed E-state index contributed by atoms with van der Waals surface area (Å²) in [4.78, 5) is 20.9. The molecule has 2 unspecified atom stereocenters. The Morgan fingerprint density at radius 1 is 1.05 bits per heavy atom. The summed E-state index contributed by atoms with van der Waals surface area (Å²) in [6.45, 7) is 13.9. The number of nitrogens with zero attached hydrogens (tertiary/aromatic N) is 2. The van der Waals surface area contributed by atoms with Gasteiger partial charge in [0.25, 0.3) is 6.47 Å². The standard InChI is InChI=1S/C15H29N3O.C8H8O2.C6H4Cl2.C2H6O/c1-7-14(17-18(6)8-2)10-15(11-19)16-13(5)9-12(3)4;9-7-10-6-8-4-2-1-3-5-8;7-5-2-1-3-6(8)4-5;1-3-2/h7,11-13,15-16H,1,8-10H2,2-6H3;1-5,7H,6H2;1-4H;1-2H3/b17-14+;;;. The lowest BCUT2D eigenvalue weighted by molar-refractivity contribution is -0.129. The van der Waals surface area contributed by atoms with Gasteiger partial charge in [0.05, 0.1) is 11.8 Å². The quantitative estimate of drug-likeness (QED) is 0.151. The fourth-order valence-electron chi connectivity index (χ4n) is 3.13. The van der Waals surface area contributed by atoms with Gasteiger partial charge in [0.15, 0.2) is 0 Å². The summed E-state index contributed by atoms with van der Waals surface area (Å²) in [6.07, 6.45) is 4.32. The minimum atomic E-state index is -0.198. The SMILES string of the molecule is C=C/C(CC(C=O)NC(C)CC(C)C)=N\N(C)CC.COC.Clc1cccc(Cl)c1.O=COCc1ccccc1. The van der Waals surface area contributed by atoms with Crippen molar-refractivity contribution in [1.82, 2.24) is 10.3 Å². The van der Waals surface area contributed by atoms with Gasteiger partial charge in [-0.15, -0.1) is 0 Å². The third kappa shape index (κ3) is 24.3. The van der Waals surface area contributed by atoms with Gasteiger partial charge < -0.3 is 24.6 Å². The van der Waals surface area contributed by atoms with Gasteiger partial charge >= 0.3 is 0 Å². The third-order valence-electron chi connectivity index (χ3n) is 4.86. The van der Waals surface area contributed by atoms with Crippen LogP contribution in [0.25, 0.3) is 0 Å². The van der Waals surface area contributed by atoms with Crippen molar-refractivity contribution in [3.63, 3.8) is 0 Å². The first-order valence-corrected chi connectivity index (χ1v) is 13.8. The zero-order valence-electron chi connectivity index (χ0n) is 25.0. The molecule has 0 spiro atoms. The lowest BCUT2D eigenvalue weighted by atomic mass is 10.0. The Hall–Kier alpha value is -2.71. The van der Waals surface area contributed by atoms with E-state index >= 15 is 0 Å². The lowest BCUT2D eigenvalue weighted by Gasteiger charge is -2.21. The van der Waals surface area contributed by atoms with E-state index in [1.165, 1.54) is 0 Å². The number of rotatable bonds is 13. The van der Waals surface area contributed by atoms with Crippen LogP contribution in [0.1, 0.15) is 46.1 Å². The number of carbonyl (C=O) groups excluding carboxylic acids is 2. The number of aldehydes is 1. The second-order valence-electron chi connectivity index (χ2n) is 9.15. The van der Waals surface area contributed by atoms with Gasteiger partial charge in [-0.25, -0.2) is 0 Å². The molecule has 1 N–H and O–H groups in total. The topological polar surface area (TPSA) is 80.2 Å². The molecular weight excluding hydrogens is 549 g/mol. The van der Waals surface area contributed by atoms with E-state index in [2.05, 4.69) is 47.2 Å². The number of carbonyl (C=O) groups is 2. The van der Waals surface area contributed by atoms with Gasteiger partial charge in [0.1, 0.15) is 12.9 Å². The van der Waals surface area contributed by atoms with Crippen LogP contribution < -0.4 is 5.32 Å². The molecule has 0 aliphatic heterocycles. The maximum Gasteiger partial charge on any atom is 0.293 e. The lowest BCUT2D eigenvalue weighted by Crippen LogP contribution is -2.39. The average Bonchev–Trinajstić information content (AvgIpc) is 2.92. The smallest absolute Gasteiger partial charge is 0.293 e. The molecule has 0 saturated heterocycles. The zero-order valence-corrected chi connectivity index (χ0v) is 26.5. The van der Waals surface area contributed by atoms with Crippen molar-refractivity contribution < 1.29 is 19.1 Å². The highest BCUT2D eigenvalue weighted by atomic mass is 35.5. The first-order valence-electron chi connectivity index (χ1n) is 13.1. The Morgan fingerprint density at radius 2 is 1.62 bits per heavy atom. The van der Waals surface area contributed by atoms with Crippen molar-refractivity contribution in [3.05, 3.63) is 82.9 Å². The van der Waals surface area contributed by atoms with E-state index < -0.39 is 0 Å². The van der Waals surface area contributed by atoms with Gasteiger partial charge in [0, 0.05) is 50.3 Å². The maximum absolute atomic E-state index is 11.2. The summed E-state index contributed by atoms with van der Waals surface area (Å²) < 4.78 is 8.79. The Labute approximate surface area is 251 Å². The van der Waals surface area contributed by atoms with Crippen LogP contribution in [0.2, 0.25) is 10.0 Å². The molecule has 0 amide bonds. The Morgan fingerprint density at radius 3 is 2.02 bits per heavy atom. The molecule has 7 nitrogen and oxygen atoms in total. The van der Waals surface area contributed by atoms with Crippen molar-refractivity contribution in [2.24, 2.45) is 11.0 Å². The maximum atomic E-state index is 11.2. The third-order valence-corrected chi connectivity index (χ3v) is 5.33. The van der Waals surface area contributed by atoms with Gasteiger partial charge in [-0.3, -0.25) is 4.79 Å². The van der Waals surface area contributed by atoms with E-state index in [9.17, 15) is 9.59 Å². The predicted octanol–water partition coefficient (Wildman–Crippen LogP) is 7.08. The Kier molecular flexibility index (Phi) is 26.1. The van der Waals surface area contributed by atoms with E-state index in [4.69, 9.17) is 23.2 Å². The van der Waals surface area contributed by atoms with Crippen LogP contribution in [0.4, 0.5) is 0 Å². The largest absolute Gasteiger partial charge is 0.463 e. The zero-order chi connectivity index (χ0) is 30.8. The van der Waals surface area contributed by atoms with E-state index in [0.717, 1.165) is 30.5 Å². The minimum absolute atomic E-state index is 0.198. The number of hydrazone groups is 1. The van der Waals surface area contributed by atoms with Crippen LogP contribution >= 0.6 is 23.2 Å². The van der Waals surface area contributed by atoms with E-state index in [1.807, 2.05) is 55.4 Å². The van der Waals surface area contributed by atoms with Crippen LogP contribution in [-0.4, -0.2) is 63.4 Å². The molecule has 0 radical (unpaired) electrons. The molecule has 0 bridgehead atoms. The summed E-state index contributed by atoms with van der Waals surface area (Å²) in [7, 11) is 5.16. The number of methoxy groups -OCH3 is 1. The van der Waals surface area contributed by atoms with Crippen molar-refractivity contribution in [3.8, 4) is 0 Å². The van der Waals surface area contributed by atoms with Crippen molar-refractivity contribution in [2.75, 3.05) is 27.8 Å². The number of allylic oxidation sites excluding steroid dienone is 1. The molecule has 0 aliphatic rings. The number of benzene rings is 2. The molecular formula is C31H47Cl2N3O4. The summed E-state index contributed by atoms with van der Waals surface area (Å²) in [5.41, 5.74) is 1.85. The second-order valence-corrected chi connectivity index (χ2v) is 10.0. The van der Waals surface area contributed by atoms with Crippen LogP contribution in [0.3, 0.4) is 0 Å². The number of halogens is 2. The molecule has 2 aromatic rings. The minimum Gasteiger partial charge on any atom is -0.463 e. The molecule has 0 aromatic heterocycles. The molecule has 0 aliphatic carbocycles. The first kappa shape index (κ1) is 39.4. The van der Waals surface area contributed by atoms with E-state index in [0.29, 0.717) is 41.5 Å². The van der Waals surface area contributed by atoms with Crippen molar-refractivity contribution >= 4 is 41.7 Å². The number of nitrogens with one attached hydrogen (secondary N) is 1. The Balaban J connectivity index is 0. The molecule has 9 heteroatoms. The van der Waals surface area contributed by atoms with Gasteiger partial charge in [0.2, 0.25) is 0 Å². The fraction of sp³-hybridized carbons (Fsp3) is 0.452. The number of hydrogen-bond acceptors (Lipinski definition) is 7. The van der Waals surface area contributed by atoms with Crippen LogP contribution in [0, 0.1) is 5.92 Å². The normalized spacial score (nSPS) is 11.7. The molecule has 2 rings (SSSR count). The van der Waals surface area contributed by atoms with Crippen LogP contribution in [0.5, 0.6) is 0 Å². The summed E-state index contributed by atoms with van der Waals surface area (Å²) >= 11 is 11.1. The predicted molar refractivity (Wildman–Crippen MR) is 169 cm³/mol. The highest BCUT2D eigenvalue weighted by molar-refractivity contribution is 6.34. The molecule has 40 heavy (non-hydrogen) atoms. The van der Waals surface area contributed by atoms with E-state index in [-0.39, 0.29) is 6.04 Å². The summed E-state index contributed by atoms with van der Waals surface area (Å²) in [6, 6.07) is 16.7. The molecule has 2 atom stereocenters. The summed E-state index contributed by atoms with van der Waals surface area (Å²) in [5.74, 6) is 0.619. The van der Waals surface area contributed by atoms with Gasteiger partial charge in [-0.1, -0.05) is 80.0 Å². The molecule has 224 valence electrons. The average molecular weight is 597 g/mol. The Bertz CT molecular complexity index is 926. The fourth-order valence-corrected chi connectivity index (χ4v) is 3.57. The summed E-state index contributed by atoms with van der Waals surface area (Å²) in [5, 5.41) is 10.9. The van der Waals surface area contributed by atoms with E-state index in [1.54, 1.807) is 38.5 Å². The first-order chi connectivity index (χ1) is 19.1. The van der Waals surface area contributed by atoms with Crippen molar-refractivity contribution in [1.29, 1.82) is 0 Å². The van der Waals surface area contributed by atoms with Crippen molar-refractivity contribution in [2.45, 2.75) is 59.2 Å². The number of ether oxygens (including phenoxy) is 2. The van der Waals surface area contributed by atoms with Gasteiger partial charge in [-0.2, -0.15) is 5.10 Å². The highest BCUT2D eigenvalue weighted by Gasteiger charge is 2.14. The second kappa shape index (κ2) is 26.5. The molecule has 0 fully saturated rings.